The van der Waals surface area contributed by atoms with Gasteiger partial charge in [-0.05, 0) is 24.3 Å². The number of H-pyrrole nitrogens is 2. The molecule has 2 aromatic heterocycles. The molecule has 0 aliphatic rings. The number of amides is 2. The molecule has 1 unspecified atom stereocenters. The fraction of sp³-hybridized carbons (Fsp3) is 0.100. The summed E-state index contributed by atoms with van der Waals surface area (Å²) in [6.07, 6.45) is 2.31. The molecule has 2 heterocycles. The molecule has 1 atom stereocenters. The number of aromatic nitrogens is 2. The van der Waals surface area contributed by atoms with E-state index < -0.39 is 12.1 Å². The smallest absolute Gasteiger partial charge is 0.404 e. The number of hydrogen-bond acceptors (Lipinski definition) is 2. The Labute approximate surface area is 168 Å². The summed E-state index contributed by atoms with van der Waals surface area (Å²) in [5.41, 5.74) is 3.08. The molecule has 0 saturated heterocycles. The largest absolute Gasteiger partial charge is 0.465 e. The Bertz CT molecular complexity index is 1180. The van der Waals surface area contributed by atoms with Gasteiger partial charge < -0.3 is 25.7 Å². The Kier molecular flexibility index (Phi) is 4.79. The molecule has 0 aliphatic carbocycles. The van der Waals surface area contributed by atoms with Crippen LogP contribution in [0.4, 0.5) is 4.79 Å². The van der Waals surface area contributed by atoms with Gasteiger partial charge in [0.25, 0.3) is 5.91 Å². The topological polar surface area (TPSA) is 110 Å². The normalized spacial score (nSPS) is 12.2. The SMILES string of the molecule is O=C(O)NCC(NC(=O)c1c[nH]c2ccc(Br)cc12)c1c[nH]c2ccccc12. The summed E-state index contributed by atoms with van der Waals surface area (Å²) >= 11 is 3.43. The van der Waals surface area contributed by atoms with Crippen LogP contribution in [0, 0.1) is 0 Å². The van der Waals surface area contributed by atoms with Crippen molar-refractivity contribution < 1.29 is 14.7 Å². The second-order valence-corrected chi connectivity index (χ2v) is 7.31. The molecule has 0 saturated carbocycles. The maximum atomic E-state index is 13.0. The molecule has 4 rings (SSSR count). The molecule has 0 bridgehead atoms. The molecule has 5 N–H and O–H groups in total. The molecule has 142 valence electrons. The second-order valence-electron chi connectivity index (χ2n) is 6.39. The molecule has 0 fully saturated rings. The lowest BCUT2D eigenvalue weighted by Gasteiger charge is -2.18. The van der Waals surface area contributed by atoms with E-state index in [0.717, 1.165) is 31.8 Å². The number of carbonyl (C=O) groups is 2. The number of carbonyl (C=O) groups excluding carboxylic acids is 1. The van der Waals surface area contributed by atoms with Crippen LogP contribution in [0.1, 0.15) is 22.0 Å². The average molecular weight is 441 g/mol. The number of carboxylic acid groups (broad SMARTS) is 1. The van der Waals surface area contributed by atoms with Crippen molar-refractivity contribution in [1.29, 1.82) is 0 Å². The van der Waals surface area contributed by atoms with Crippen LogP contribution >= 0.6 is 15.9 Å². The zero-order valence-electron chi connectivity index (χ0n) is 14.6. The van der Waals surface area contributed by atoms with Crippen molar-refractivity contribution in [2.24, 2.45) is 0 Å². The summed E-state index contributed by atoms with van der Waals surface area (Å²) < 4.78 is 0.870. The minimum absolute atomic E-state index is 0.0506. The highest BCUT2D eigenvalue weighted by Gasteiger charge is 2.21. The molecule has 0 radical (unpaired) electrons. The number of hydrogen-bond donors (Lipinski definition) is 5. The van der Waals surface area contributed by atoms with Crippen LogP contribution in [0.2, 0.25) is 0 Å². The van der Waals surface area contributed by atoms with E-state index in [2.05, 4.69) is 36.5 Å². The van der Waals surface area contributed by atoms with E-state index in [0.29, 0.717) is 5.56 Å². The molecule has 4 aromatic rings. The maximum Gasteiger partial charge on any atom is 0.404 e. The van der Waals surface area contributed by atoms with Crippen LogP contribution in [0.15, 0.2) is 59.3 Å². The van der Waals surface area contributed by atoms with Gasteiger partial charge in [0.1, 0.15) is 0 Å². The third kappa shape index (κ3) is 3.46. The highest BCUT2D eigenvalue weighted by Crippen LogP contribution is 2.26. The number of benzene rings is 2. The van der Waals surface area contributed by atoms with Gasteiger partial charge in [0.15, 0.2) is 0 Å². The van der Waals surface area contributed by atoms with Crippen molar-refractivity contribution in [3.8, 4) is 0 Å². The standard InChI is InChI=1S/C20H17BrN4O3/c21-11-5-6-17-13(7-11)15(9-23-17)19(26)25-18(10-24-20(27)28)14-8-22-16-4-2-1-3-12(14)16/h1-9,18,22-24H,10H2,(H,25,26)(H,27,28). The van der Waals surface area contributed by atoms with Gasteiger partial charge in [-0.15, -0.1) is 0 Å². The lowest BCUT2D eigenvalue weighted by molar-refractivity contribution is 0.0937. The maximum absolute atomic E-state index is 13.0. The molecular formula is C20H17BrN4O3. The first-order valence-corrected chi connectivity index (χ1v) is 9.42. The molecule has 7 nitrogen and oxygen atoms in total. The summed E-state index contributed by atoms with van der Waals surface area (Å²) in [7, 11) is 0. The first-order chi connectivity index (χ1) is 13.5. The second kappa shape index (κ2) is 7.40. The first-order valence-electron chi connectivity index (χ1n) is 8.63. The third-order valence-electron chi connectivity index (χ3n) is 4.65. The highest BCUT2D eigenvalue weighted by molar-refractivity contribution is 9.10. The predicted octanol–water partition coefficient (Wildman–Crippen LogP) is 4.15. The summed E-state index contributed by atoms with van der Waals surface area (Å²) in [4.78, 5) is 30.3. The molecule has 0 aliphatic heterocycles. The first kappa shape index (κ1) is 18.1. The van der Waals surface area contributed by atoms with Gasteiger partial charge in [-0.25, -0.2) is 4.79 Å². The fourth-order valence-corrected chi connectivity index (χ4v) is 3.69. The lowest BCUT2D eigenvalue weighted by Crippen LogP contribution is -2.37. The van der Waals surface area contributed by atoms with Crippen molar-refractivity contribution in [2.75, 3.05) is 6.54 Å². The Hall–Kier alpha value is -3.26. The fourth-order valence-electron chi connectivity index (χ4n) is 3.33. The molecular weight excluding hydrogens is 424 g/mol. The Balaban J connectivity index is 1.67. The van der Waals surface area contributed by atoms with Crippen LogP contribution in [-0.2, 0) is 0 Å². The van der Waals surface area contributed by atoms with Crippen molar-refractivity contribution in [2.45, 2.75) is 6.04 Å². The summed E-state index contributed by atoms with van der Waals surface area (Å²) in [5, 5.41) is 16.1. The van der Waals surface area contributed by atoms with Gasteiger partial charge in [-0.2, -0.15) is 0 Å². The molecule has 0 spiro atoms. The van der Waals surface area contributed by atoms with E-state index in [4.69, 9.17) is 5.11 Å². The number of rotatable bonds is 5. The van der Waals surface area contributed by atoms with Crippen LogP contribution in [0.5, 0.6) is 0 Å². The summed E-state index contributed by atoms with van der Waals surface area (Å²) in [6.45, 7) is 0.0506. The van der Waals surface area contributed by atoms with Crippen molar-refractivity contribution in [1.82, 2.24) is 20.6 Å². The third-order valence-corrected chi connectivity index (χ3v) is 5.14. The zero-order valence-corrected chi connectivity index (χ0v) is 16.2. The van der Waals surface area contributed by atoms with Gasteiger partial charge >= 0.3 is 6.09 Å². The van der Waals surface area contributed by atoms with Crippen LogP contribution in [0.3, 0.4) is 0 Å². The minimum atomic E-state index is -1.14. The number of halogens is 1. The van der Waals surface area contributed by atoms with E-state index in [1.807, 2.05) is 42.5 Å². The highest BCUT2D eigenvalue weighted by atomic mass is 79.9. The number of aromatic amines is 2. The Morgan fingerprint density at radius 1 is 1.04 bits per heavy atom. The van der Waals surface area contributed by atoms with Gasteiger partial charge in [-0.3, -0.25) is 4.79 Å². The molecule has 28 heavy (non-hydrogen) atoms. The van der Waals surface area contributed by atoms with E-state index >= 15 is 0 Å². The van der Waals surface area contributed by atoms with Gasteiger partial charge in [0, 0.05) is 50.8 Å². The van der Waals surface area contributed by atoms with Gasteiger partial charge in [0.2, 0.25) is 0 Å². The Morgan fingerprint density at radius 2 is 1.79 bits per heavy atom. The van der Waals surface area contributed by atoms with E-state index in [1.54, 1.807) is 12.4 Å². The monoisotopic (exact) mass is 440 g/mol. The predicted molar refractivity (Wildman–Crippen MR) is 111 cm³/mol. The van der Waals surface area contributed by atoms with Crippen LogP contribution in [-0.4, -0.2) is 33.6 Å². The van der Waals surface area contributed by atoms with E-state index in [9.17, 15) is 9.59 Å². The van der Waals surface area contributed by atoms with Crippen molar-refractivity contribution in [3.05, 3.63) is 70.5 Å². The summed E-state index contributed by atoms with van der Waals surface area (Å²) in [5.74, 6) is -0.285. The molecule has 2 aromatic carbocycles. The quantitative estimate of drug-likeness (QED) is 0.321. The number of fused-ring (bicyclic) bond motifs is 2. The summed E-state index contributed by atoms with van der Waals surface area (Å²) in [6, 6.07) is 12.8. The van der Waals surface area contributed by atoms with Gasteiger partial charge in [0.05, 0.1) is 11.6 Å². The van der Waals surface area contributed by atoms with Crippen LogP contribution < -0.4 is 10.6 Å². The van der Waals surface area contributed by atoms with Crippen molar-refractivity contribution >= 4 is 49.7 Å². The molecule has 8 heteroatoms. The Morgan fingerprint density at radius 3 is 2.61 bits per heavy atom. The number of para-hydroxylation sites is 1. The zero-order chi connectivity index (χ0) is 19.7. The lowest BCUT2D eigenvalue weighted by atomic mass is 10.0. The van der Waals surface area contributed by atoms with E-state index in [-0.39, 0.29) is 12.5 Å². The average Bonchev–Trinajstić information content (AvgIpc) is 3.28. The molecule has 2 amide bonds. The van der Waals surface area contributed by atoms with Crippen LogP contribution in [0.25, 0.3) is 21.8 Å². The van der Waals surface area contributed by atoms with Gasteiger partial charge in [-0.1, -0.05) is 34.1 Å². The van der Waals surface area contributed by atoms with E-state index in [1.165, 1.54) is 0 Å². The number of nitrogens with one attached hydrogen (secondary N) is 4. The minimum Gasteiger partial charge on any atom is -0.465 e. The van der Waals surface area contributed by atoms with Crippen molar-refractivity contribution in [3.63, 3.8) is 0 Å².